The zero-order chi connectivity index (χ0) is 21.6. The minimum atomic E-state index is -0.443. The van der Waals surface area contributed by atoms with Gasteiger partial charge in [-0.2, -0.15) is 0 Å². The van der Waals surface area contributed by atoms with Crippen molar-refractivity contribution in [3.8, 4) is 5.75 Å². The molecule has 0 aliphatic carbocycles. The predicted molar refractivity (Wildman–Crippen MR) is 117 cm³/mol. The van der Waals surface area contributed by atoms with Gasteiger partial charge < -0.3 is 15.4 Å². The molecule has 3 aromatic rings. The van der Waals surface area contributed by atoms with Crippen molar-refractivity contribution in [1.82, 2.24) is 25.1 Å². The van der Waals surface area contributed by atoms with Crippen molar-refractivity contribution in [3.63, 3.8) is 0 Å². The van der Waals surface area contributed by atoms with Gasteiger partial charge in [0.25, 0.3) is 0 Å². The highest BCUT2D eigenvalue weighted by molar-refractivity contribution is 8.01. The van der Waals surface area contributed by atoms with E-state index in [4.69, 9.17) is 10.5 Å². The molecule has 160 valence electrons. The number of rotatable bonds is 6. The van der Waals surface area contributed by atoms with Gasteiger partial charge in [0.05, 0.1) is 6.54 Å². The Bertz CT molecular complexity index is 1080. The standard InChI is InChI=1S/C22H24N6O2S/c1-22(2)18(28-20(29)17(23)21(28)31-22)19-24-25-26-27(19)12-14-8-10-16(11-9-14)30-13-15-6-4-3-5-7-15/h3-11,17-18,21H,12-13,23H2,1-2H3/t17?,18?,21-/m1/s1. The number of hydrogen-bond acceptors (Lipinski definition) is 7. The Balaban J connectivity index is 1.30. The number of fused-ring (bicyclic) bond motifs is 1. The van der Waals surface area contributed by atoms with Gasteiger partial charge in [-0.05, 0) is 47.5 Å². The van der Waals surface area contributed by atoms with Gasteiger partial charge in [0, 0.05) is 4.75 Å². The smallest absolute Gasteiger partial charge is 0.244 e. The Morgan fingerprint density at radius 1 is 1.10 bits per heavy atom. The summed E-state index contributed by atoms with van der Waals surface area (Å²) < 4.78 is 7.41. The quantitative estimate of drug-likeness (QED) is 0.592. The second kappa shape index (κ2) is 7.65. The van der Waals surface area contributed by atoms with Crippen LogP contribution in [0.25, 0.3) is 0 Å². The van der Waals surface area contributed by atoms with Gasteiger partial charge in [-0.15, -0.1) is 16.9 Å². The van der Waals surface area contributed by atoms with Gasteiger partial charge >= 0.3 is 0 Å². The molecule has 3 heterocycles. The molecular weight excluding hydrogens is 412 g/mol. The molecule has 1 aromatic heterocycles. The lowest BCUT2D eigenvalue weighted by Crippen LogP contribution is -2.65. The molecule has 2 fully saturated rings. The lowest BCUT2D eigenvalue weighted by atomic mass is 9.95. The van der Waals surface area contributed by atoms with Gasteiger partial charge in [-0.1, -0.05) is 42.5 Å². The van der Waals surface area contributed by atoms with Crippen molar-refractivity contribution in [1.29, 1.82) is 0 Å². The Kier molecular flexibility index (Phi) is 4.94. The minimum Gasteiger partial charge on any atom is -0.489 e. The van der Waals surface area contributed by atoms with Crippen molar-refractivity contribution >= 4 is 17.7 Å². The van der Waals surface area contributed by atoms with E-state index in [1.54, 1.807) is 16.4 Å². The van der Waals surface area contributed by atoms with Crippen LogP contribution in [0.5, 0.6) is 5.75 Å². The Morgan fingerprint density at radius 3 is 2.58 bits per heavy atom. The first-order valence-electron chi connectivity index (χ1n) is 10.2. The summed E-state index contributed by atoms with van der Waals surface area (Å²) in [5.74, 6) is 1.45. The summed E-state index contributed by atoms with van der Waals surface area (Å²) in [5.41, 5.74) is 8.17. The number of aromatic nitrogens is 4. The van der Waals surface area contributed by atoms with E-state index < -0.39 is 6.04 Å². The van der Waals surface area contributed by atoms with Gasteiger partial charge in [-0.25, -0.2) is 4.68 Å². The zero-order valence-corrected chi connectivity index (χ0v) is 18.2. The molecule has 2 aromatic carbocycles. The number of nitrogens with two attached hydrogens (primary N) is 1. The number of thioether (sulfide) groups is 1. The van der Waals surface area contributed by atoms with E-state index in [2.05, 4.69) is 29.4 Å². The molecule has 8 nitrogen and oxygen atoms in total. The number of hydrogen-bond donors (Lipinski definition) is 1. The number of carbonyl (C=O) groups is 1. The molecule has 2 aliphatic rings. The van der Waals surface area contributed by atoms with Crippen LogP contribution in [0, 0.1) is 0 Å². The van der Waals surface area contributed by atoms with Crippen molar-refractivity contribution in [2.75, 3.05) is 0 Å². The molecule has 9 heteroatoms. The molecular formula is C22H24N6O2S. The molecule has 0 spiro atoms. The van der Waals surface area contributed by atoms with Crippen LogP contribution in [0.3, 0.4) is 0 Å². The number of ether oxygens (including phenoxy) is 1. The maximum absolute atomic E-state index is 12.4. The minimum absolute atomic E-state index is 0.0151. The molecule has 2 N–H and O–H groups in total. The molecule has 3 atom stereocenters. The molecule has 2 unspecified atom stereocenters. The normalized spacial score (nSPS) is 24.0. The Morgan fingerprint density at radius 2 is 1.84 bits per heavy atom. The van der Waals surface area contributed by atoms with Crippen molar-refractivity contribution < 1.29 is 9.53 Å². The molecule has 2 aliphatic heterocycles. The largest absolute Gasteiger partial charge is 0.489 e. The molecule has 1 amide bonds. The molecule has 0 saturated carbocycles. The second-order valence-corrected chi connectivity index (χ2v) is 10.2. The number of benzene rings is 2. The summed E-state index contributed by atoms with van der Waals surface area (Å²) in [6.45, 7) is 5.26. The summed E-state index contributed by atoms with van der Waals surface area (Å²) in [6.07, 6.45) is 0. The molecule has 5 rings (SSSR count). The summed E-state index contributed by atoms with van der Waals surface area (Å²) in [7, 11) is 0. The average molecular weight is 437 g/mol. The van der Waals surface area contributed by atoms with Crippen LogP contribution in [-0.2, 0) is 17.9 Å². The van der Waals surface area contributed by atoms with E-state index in [-0.39, 0.29) is 22.1 Å². The third kappa shape index (κ3) is 3.57. The third-order valence-electron chi connectivity index (χ3n) is 5.79. The van der Waals surface area contributed by atoms with E-state index in [0.717, 1.165) is 16.9 Å². The highest BCUT2D eigenvalue weighted by atomic mass is 32.2. The first-order valence-corrected chi connectivity index (χ1v) is 11.1. The lowest BCUT2D eigenvalue weighted by molar-refractivity contribution is -0.147. The summed E-state index contributed by atoms with van der Waals surface area (Å²) in [4.78, 5) is 14.2. The van der Waals surface area contributed by atoms with Gasteiger partial charge in [0.15, 0.2) is 5.82 Å². The average Bonchev–Trinajstić information content (AvgIpc) is 3.32. The first kappa shape index (κ1) is 20.0. The zero-order valence-electron chi connectivity index (χ0n) is 17.4. The molecule has 0 radical (unpaired) electrons. The van der Waals surface area contributed by atoms with Crippen LogP contribution in [0.15, 0.2) is 54.6 Å². The van der Waals surface area contributed by atoms with Crippen LogP contribution in [0.4, 0.5) is 0 Å². The van der Waals surface area contributed by atoms with Crippen LogP contribution in [-0.4, -0.2) is 47.2 Å². The summed E-state index contributed by atoms with van der Waals surface area (Å²) in [6, 6.07) is 17.3. The van der Waals surface area contributed by atoms with Crippen LogP contribution in [0.1, 0.15) is 36.8 Å². The van der Waals surface area contributed by atoms with E-state index in [1.807, 2.05) is 59.5 Å². The number of β-lactam (4-membered cyclic amide) rings is 1. The van der Waals surface area contributed by atoms with Gasteiger partial charge in [0.1, 0.15) is 29.8 Å². The van der Waals surface area contributed by atoms with Crippen LogP contribution >= 0.6 is 11.8 Å². The maximum atomic E-state index is 12.4. The first-order chi connectivity index (χ1) is 14.9. The van der Waals surface area contributed by atoms with E-state index in [0.29, 0.717) is 19.0 Å². The molecule has 0 bridgehead atoms. The van der Waals surface area contributed by atoms with E-state index in [1.165, 1.54) is 0 Å². The number of nitrogens with zero attached hydrogens (tertiary/aromatic N) is 5. The Labute approximate surface area is 184 Å². The van der Waals surface area contributed by atoms with E-state index in [9.17, 15) is 4.79 Å². The SMILES string of the molecule is CC1(C)S[C@@H]2C(N)C(=O)N2C1c1nnnn1Cc1ccc(OCc2ccccc2)cc1. The van der Waals surface area contributed by atoms with Crippen molar-refractivity contribution in [2.24, 2.45) is 5.73 Å². The fourth-order valence-electron chi connectivity index (χ4n) is 4.19. The lowest BCUT2D eigenvalue weighted by Gasteiger charge is -2.42. The Hall–Kier alpha value is -2.91. The predicted octanol–water partition coefficient (Wildman–Crippen LogP) is 2.36. The van der Waals surface area contributed by atoms with Crippen LogP contribution < -0.4 is 10.5 Å². The fraction of sp³-hybridized carbons (Fsp3) is 0.364. The maximum Gasteiger partial charge on any atom is 0.244 e. The summed E-state index contributed by atoms with van der Waals surface area (Å²) >= 11 is 1.71. The topological polar surface area (TPSA) is 99.2 Å². The van der Waals surface area contributed by atoms with Crippen LogP contribution in [0.2, 0.25) is 0 Å². The second-order valence-electron chi connectivity index (χ2n) is 8.40. The number of tetrazole rings is 1. The third-order valence-corrected chi connectivity index (χ3v) is 7.38. The number of amides is 1. The van der Waals surface area contributed by atoms with Crippen molar-refractivity contribution in [2.45, 2.75) is 49.2 Å². The fourth-order valence-corrected chi connectivity index (χ4v) is 5.76. The van der Waals surface area contributed by atoms with Crippen molar-refractivity contribution in [3.05, 3.63) is 71.5 Å². The highest BCUT2D eigenvalue weighted by Gasteiger charge is 2.62. The molecule has 31 heavy (non-hydrogen) atoms. The number of carbonyl (C=O) groups excluding carboxylic acids is 1. The van der Waals surface area contributed by atoms with Gasteiger partial charge in [-0.3, -0.25) is 4.79 Å². The van der Waals surface area contributed by atoms with Gasteiger partial charge in [0.2, 0.25) is 5.91 Å². The monoisotopic (exact) mass is 436 g/mol. The highest BCUT2D eigenvalue weighted by Crippen LogP contribution is 2.56. The van der Waals surface area contributed by atoms with E-state index >= 15 is 0 Å². The molecule has 2 saturated heterocycles. The summed E-state index contributed by atoms with van der Waals surface area (Å²) in [5, 5.41) is 12.4.